The fraction of sp³-hybridized carbons (Fsp3) is 0.375. The van der Waals surface area contributed by atoms with Gasteiger partial charge in [0.25, 0.3) is 0 Å². The number of halogens is 1. The van der Waals surface area contributed by atoms with E-state index in [1.165, 1.54) is 0 Å². The maximum atomic E-state index is 6.63. The zero-order valence-electron chi connectivity index (χ0n) is 17.6. The number of hydrogen-bond donors (Lipinski definition) is 1. The molecular formula is C24H29ClN4O. The van der Waals surface area contributed by atoms with Gasteiger partial charge in [-0.25, -0.2) is 4.98 Å². The first kappa shape index (κ1) is 20.9. The number of nitrogen functional groups attached to an aromatic ring is 1. The normalized spacial score (nSPS) is 15.6. The summed E-state index contributed by atoms with van der Waals surface area (Å²) >= 11 is 6.63. The number of likely N-dealkylation sites (tertiary alicyclic amines) is 1. The van der Waals surface area contributed by atoms with Gasteiger partial charge in [-0.15, -0.1) is 0 Å². The molecule has 3 aromatic rings. The third kappa shape index (κ3) is 4.69. The van der Waals surface area contributed by atoms with Crippen molar-refractivity contribution in [2.45, 2.75) is 32.1 Å². The zero-order chi connectivity index (χ0) is 21.1. The lowest BCUT2D eigenvalue weighted by atomic mass is 10.1. The van der Waals surface area contributed by atoms with E-state index in [2.05, 4.69) is 47.1 Å². The van der Waals surface area contributed by atoms with E-state index in [1.54, 1.807) is 6.20 Å². The summed E-state index contributed by atoms with van der Waals surface area (Å²) < 4.78 is 6.11. The molecule has 1 aliphatic rings. The summed E-state index contributed by atoms with van der Waals surface area (Å²) in [6.45, 7) is 3.52. The van der Waals surface area contributed by atoms with Crippen molar-refractivity contribution in [2.24, 2.45) is 0 Å². The van der Waals surface area contributed by atoms with Crippen LogP contribution in [0.1, 0.15) is 24.0 Å². The molecule has 0 radical (unpaired) electrons. The number of nitrogens with zero attached hydrogens (tertiary/aromatic N) is 3. The van der Waals surface area contributed by atoms with Crippen molar-refractivity contribution in [1.29, 1.82) is 0 Å². The number of anilines is 2. The number of benzene rings is 2. The first-order valence-electron chi connectivity index (χ1n) is 10.4. The Hall–Kier alpha value is -2.34. The standard InChI is InChI=1S/C24H29ClN4O/c1-28-12-9-19(10-13-28)30-16-17-6-7-18(22(25)14-17)15-29(2)23-5-3-4-21-20(23)8-11-27-24(21)26/h3-8,11,14,19H,9-10,12-13,15-16H2,1-2H3,(H2,26,27). The van der Waals surface area contributed by atoms with Gasteiger partial charge in [-0.2, -0.15) is 0 Å². The summed E-state index contributed by atoms with van der Waals surface area (Å²) in [6.07, 6.45) is 4.29. The van der Waals surface area contributed by atoms with E-state index in [4.69, 9.17) is 22.1 Å². The van der Waals surface area contributed by atoms with Crippen LogP contribution < -0.4 is 10.6 Å². The smallest absolute Gasteiger partial charge is 0.131 e. The molecule has 6 heteroatoms. The third-order valence-corrected chi connectivity index (χ3v) is 6.25. The Labute approximate surface area is 183 Å². The Morgan fingerprint density at radius 1 is 1.17 bits per heavy atom. The summed E-state index contributed by atoms with van der Waals surface area (Å²) in [4.78, 5) is 8.74. The molecule has 1 aromatic heterocycles. The Morgan fingerprint density at radius 3 is 2.73 bits per heavy atom. The molecule has 1 aliphatic heterocycles. The van der Waals surface area contributed by atoms with Gasteiger partial charge in [-0.05, 0) is 49.2 Å². The van der Waals surface area contributed by atoms with Crippen LogP contribution in [0.25, 0.3) is 10.8 Å². The number of piperidine rings is 1. The summed E-state index contributed by atoms with van der Waals surface area (Å²) in [5.41, 5.74) is 9.35. The molecule has 0 saturated carbocycles. The minimum atomic E-state index is 0.346. The monoisotopic (exact) mass is 424 g/mol. The van der Waals surface area contributed by atoms with Crippen molar-refractivity contribution in [3.63, 3.8) is 0 Å². The second kappa shape index (κ2) is 9.21. The average Bonchev–Trinajstić information content (AvgIpc) is 2.75. The molecule has 5 nitrogen and oxygen atoms in total. The van der Waals surface area contributed by atoms with Crippen LogP contribution in [0.3, 0.4) is 0 Å². The van der Waals surface area contributed by atoms with Crippen LogP contribution in [0.5, 0.6) is 0 Å². The number of nitrogens with two attached hydrogens (primary N) is 1. The SMILES string of the molecule is CN1CCC(OCc2ccc(CN(C)c3cccc4c(N)nccc34)c(Cl)c2)CC1. The predicted molar refractivity (Wildman–Crippen MR) is 125 cm³/mol. The fourth-order valence-corrected chi connectivity index (χ4v) is 4.32. The van der Waals surface area contributed by atoms with Crippen molar-refractivity contribution in [3.05, 3.63) is 64.8 Å². The molecule has 30 heavy (non-hydrogen) atoms. The lowest BCUT2D eigenvalue weighted by Crippen LogP contribution is -2.34. The molecule has 2 heterocycles. The molecule has 0 bridgehead atoms. The van der Waals surface area contributed by atoms with E-state index in [-0.39, 0.29) is 0 Å². The Balaban J connectivity index is 1.43. The Morgan fingerprint density at radius 2 is 1.97 bits per heavy atom. The minimum Gasteiger partial charge on any atom is -0.383 e. The van der Waals surface area contributed by atoms with E-state index in [0.29, 0.717) is 25.1 Å². The molecule has 158 valence electrons. The van der Waals surface area contributed by atoms with Crippen molar-refractivity contribution in [3.8, 4) is 0 Å². The lowest BCUT2D eigenvalue weighted by molar-refractivity contribution is 0.00213. The zero-order valence-corrected chi connectivity index (χ0v) is 18.4. The van der Waals surface area contributed by atoms with Crippen molar-refractivity contribution in [1.82, 2.24) is 9.88 Å². The van der Waals surface area contributed by atoms with Crippen LogP contribution in [-0.2, 0) is 17.9 Å². The van der Waals surface area contributed by atoms with E-state index >= 15 is 0 Å². The van der Waals surface area contributed by atoms with Gasteiger partial charge in [0.15, 0.2) is 0 Å². The van der Waals surface area contributed by atoms with Crippen molar-refractivity contribution in [2.75, 3.05) is 37.8 Å². The largest absolute Gasteiger partial charge is 0.383 e. The number of aromatic nitrogens is 1. The quantitative estimate of drug-likeness (QED) is 0.620. The van der Waals surface area contributed by atoms with Crippen LogP contribution in [0.2, 0.25) is 5.02 Å². The Bertz CT molecular complexity index is 1020. The van der Waals surface area contributed by atoms with Crippen LogP contribution in [-0.4, -0.2) is 43.2 Å². The molecule has 0 unspecified atom stereocenters. The number of pyridine rings is 1. The number of rotatable bonds is 6. The van der Waals surface area contributed by atoms with Gasteiger partial charge in [0.1, 0.15) is 5.82 Å². The Kier molecular flexibility index (Phi) is 6.42. The number of ether oxygens (including phenoxy) is 1. The molecule has 0 aliphatic carbocycles. The minimum absolute atomic E-state index is 0.346. The second-order valence-electron chi connectivity index (χ2n) is 8.16. The summed E-state index contributed by atoms with van der Waals surface area (Å²) in [6, 6.07) is 14.4. The van der Waals surface area contributed by atoms with Gasteiger partial charge >= 0.3 is 0 Å². The highest BCUT2D eigenvalue weighted by Crippen LogP contribution is 2.30. The maximum Gasteiger partial charge on any atom is 0.131 e. The number of fused-ring (bicyclic) bond motifs is 1. The summed E-state index contributed by atoms with van der Waals surface area (Å²) in [5.74, 6) is 0.551. The summed E-state index contributed by atoms with van der Waals surface area (Å²) in [7, 11) is 4.23. The molecule has 4 rings (SSSR count). The average molecular weight is 425 g/mol. The highest BCUT2D eigenvalue weighted by Gasteiger charge is 2.17. The molecule has 1 fully saturated rings. The van der Waals surface area contributed by atoms with E-state index < -0.39 is 0 Å². The third-order valence-electron chi connectivity index (χ3n) is 5.90. The molecule has 2 aromatic carbocycles. The molecule has 2 N–H and O–H groups in total. The molecule has 1 saturated heterocycles. The highest BCUT2D eigenvalue weighted by atomic mass is 35.5. The molecule has 0 spiro atoms. The molecule has 0 amide bonds. The predicted octanol–water partition coefficient (Wildman–Crippen LogP) is 4.72. The van der Waals surface area contributed by atoms with Gasteiger partial charge < -0.3 is 20.3 Å². The maximum absolute atomic E-state index is 6.63. The van der Waals surface area contributed by atoms with Crippen LogP contribution in [0.15, 0.2) is 48.7 Å². The van der Waals surface area contributed by atoms with Gasteiger partial charge in [0, 0.05) is 54.4 Å². The first-order valence-corrected chi connectivity index (χ1v) is 10.8. The molecular weight excluding hydrogens is 396 g/mol. The fourth-order valence-electron chi connectivity index (χ4n) is 4.06. The van der Waals surface area contributed by atoms with Crippen molar-refractivity contribution < 1.29 is 4.74 Å². The van der Waals surface area contributed by atoms with Crippen LogP contribution in [0, 0.1) is 0 Å². The van der Waals surface area contributed by atoms with Gasteiger partial charge in [0.2, 0.25) is 0 Å². The highest BCUT2D eigenvalue weighted by molar-refractivity contribution is 6.31. The summed E-state index contributed by atoms with van der Waals surface area (Å²) in [5, 5.41) is 2.83. The van der Waals surface area contributed by atoms with Crippen LogP contribution >= 0.6 is 11.6 Å². The number of hydrogen-bond acceptors (Lipinski definition) is 5. The van der Waals surface area contributed by atoms with Crippen molar-refractivity contribution >= 4 is 33.9 Å². The second-order valence-corrected chi connectivity index (χ2v) is 8.57. The first-order chi connectivity index (χ1) is 14.5. The van der Waals surface area contributed by atoms with Gasteiger partial charge in [-0.1, -0.05) is 35.9 Å². The van der Waals surface area contributed by atoms with E-state index in [9.17, 15) is 0 Å². The van der Waals surface area contributed by atoms with Gasteiger partial charge in [-0.3, -0.25) is 0 Å². The van der Waals surface area contributed by atoms with Crippen LogP contribution in [0.4, 0.5) is 11.5 Å². The van der Waals surface area contributed by atoms with Gasteiger partial charge in [0.05, 0.1) is 12.7 Å². The lowest BCUT2D eigenvalue weighted by Gasteiger charge is -2.29. The molecule has 0 atom stereocenters. The van der Waals surface area contributed by atoms with E-state index in [0.717, 1.165) is 58.5 Å². The van der Waals surface area contributed by atoms with E-state index in [1.807, 2.05) is 24.3 Å². The topological polar surface area (TPSA) is 54.6 Å².